The molecule has 0 radical (unpaired) electrons. The number of carbonyl (C=O) groups excluding carboxylic acids is 1. The summed E-state index contributed by atoms with van der Waals surface area (Å²) in [6, 6.07) is 5.74. The monoisotopic (exact) mass is 321 g/mol. The Morgan fingerprint density at radius 1 is 1.23 bits per heavy atom. The van der Waals surface area contributed by atoms with Gasteiger partial charge in [-0.3, -0.25) is 0 Å². The molecular formula is C16H19NO4S. The number of methoxy groups -OCH3 is 2. The minimum absolute atomic E-state index is 0.309. The molecule has 0 bridgehead atoms. The van der Waals surface area contributed by atoms with Gasteiger partial charge in [-0.25, -0.2) is 9.78 Å². The molecular weight excluding hydrogens is 302 g/mol. The number of rotatable bonds is 6. The zero-order chi connectivity index (χ0) is 16.1. The van der Waals surface area contributed by atoms with Crippen molar-refractivity contribution in [3.8, 4) is 11.5 Å². The van der Waals surface area contributed by atoms with Crippen LogP contribution >= 0.6 is 11.3 Å². The van der Waals surface area contributed by atoms with E-state index in [9.17, 15) is 4.79 Å². The van der Waals surface area contributed by atoms with Gasteiger partial charge in [-0.2, -0.15) is 0 Å². The second kappa shape index (κ2) is 7.26. The predicted molar refractivity (Wildman–Crippen MR) is 85.2 cm³/mol. The molecule has 1 aromatic heterocycles. The van der Waals surface area contributed by atoms with Crippen LogP contribution in [0.5, 0.6) is 11.5 Å². The predicted octanol–water partition coefficient (Wildman–Crippen LogP) is 3.24. The first-order valence-corrected chi connectivity index (χ1v) is 7.75. The molecule has 0 saturated carbocycles. The lowest BCUT2D eigenvalue weighted by molar-refractivity contribution is 0.0531. The third-order valence-corrected chi connectivity index (χ3v) is 4.24. The molecule has 0 fully saturated rings. The largest absolute Gasteiger partial charge is 0.493 e. The van der Waals surface area contributed by atoms with Crippen molar-refractivity contribution in [2.45, 2.75) is 20.3 Å². The van der Waals surface area contributed by atoms with E-state index in [-0.39, 0.29) is 5.97 Å². The van der Waals surface area contributed by atoms with Gasteiger partial charge >= 0.3 is 5.97 Å². The second-order valence-corrected chi connectivity index (χ2v) is 5.69. The molecule has 0 spiro atoms. The molecule has 2 rings (SSSR count). The standard InChI is InChI=1S/C16H19NO4S/c1-5-21-16(18)15-10(2)17-14(22-15)9-11-6-7-12(19-3)13(8-11)20-4/h6-8H,5,9H2,1-4H3. The lowest BCUT2D eigenvalue weighted by atomic mass is 10.1. The van der Waals surface area contributed by atoms with Crippen LogP contribution in [0.4, 0.5) is 0 Å². The number of thiazole rings is 1. The van der Waals surface area contributed by atoms with E-state index in [0.717, 1.165) is 10.6 Å². The molecule has 5 nitrogen and oxygen atoms in total. The number of carbonyl (C=O) groups is 1. The summed E-state index contributed by atoms with van der Waals surface area (Å²) >= 11 is 1.37. The maximum Gasteiger partial charge on any atom is 0.350 e. The Balaban J connectivity index is 2.21. The van der Waals surface area contributed by atoms with Crippen molar-refractivity contribution in [2.24, 2.45) is 0 Å². The molecule has 0 N–H and O–H groups in total. The molecule has 0 amide bonds. The summed E-state index contributed by atoms with van der Waals surface area (Å²) in [7, 11) is 3.21. The molecule has 0 aliphatic carbocycles. The highest BCUT2D eigenvalue weighted by atomic mass is 32.1. The first kappa shape index (κ1) is 16.3. The molecule has 1 heterocycles. The molecule has 2 aromatic rings. The van der Waals surface area contributed by atoms with Crippen LogP contribution < -0.4 is 9.47 Å². The fourth-order valence-corrected chi connectivity index (χ4v) is 3.07. The summed E-state index contributed by atoms with van der Waals surface area (Å²) in [5.41, 5.74) is 1.75. The summed E-state index contributed by atoms with van der Waals surface area (Å²) in [5, 5.41) is 0.868. The van der Waals surface area contributed by atoms with Gasteiger partial charge in [0.15, 0.2) is 11.5 Å². The molecule has 22 heavy (non-hydrogen) atoms. The van der Waals surface area contributed by atoms with Crippen LogP contribution in [0.15, 0.2) is 18.2 Å². The van der Waals surface area contributed by atoms with Crippen molar-refractivity contribution in [1.29, 1.82) is 0 Å². The van der Waals surface area contributed by atoms with E-state index in [1.807, 2.05) is 25.1 Å². The maximum atomic E-state index is 11.8. The van der Waals surface area contributed by atoms with Gasteiger partial charge in [0.1, 0.15) is 4.88 Å². The van der Waals surface area contributed by atoms with Gasteiger partial charge in [0.2, 0.25) is 0 Å². The van der Waals surface area contributed by atoms with E-state index in [2.05, 4.69) is 4.98 Å². The Kier molecular flexibility index (Phi) is 5.38. The van der Waals surface area contributed by atoms with Crippen molar-refractivity contribution in [1.82, 2.24) is 4.98 Å². The normalized spacial score (nSPS) is 10.4. The number of nitrogens with zero attached hydrogens (tertiary/aromatic N) is 1. The van der Waals surface area contributed by atoms with Crippen molar-refractivity contribution >= 4 is 17.3 Å². The Morgan fingerprint density at radius 3 is 2.59 bits per heavy atom. The highest BCUT2D eigenvalue weighted by Gasteiger charge is 2.16. The van der Waals surface area contributed by atoms with Crippen LogP contribution in [0.2, 0.25) is 0 Å². The number of aromatic nitrogens is 1. The number of aryl methyl sites for hydroxylation is 1. The minimum Gasteiger partial charge on any atom is -0.493 e. The van der Waals surface area contributed by atoms with Crippen molar-refractivity contribution in [3.63, 3.8) is 0 Å². The van der Waals surface area contributed by atoms with Gasteiger partial charge in [0.25, 0.3) is 0 Å². The average molecular weight is 321 g/mol. The smallest absolute Gasteiger partial charge is 0.350 e. The average Bonchev–Trinajstić information content (AvgIpc) is 2.88. The lowest BCUT2D eigenvalue weighted by Crippen LogP contribution is -2.03. The van der Waals surface area contributed by atoms with Crippen LogP contribution in [-0.2, 0) is 11.2 Å². The van der Waals surface area contributed by atoms with E-state index >= 15 is 0 Å². The van der Waals surface area contributed by atoms with E-state index in [1.54, 1.807) is 21.1 Å². The van der Waals surface area contributed by atoms with E-state index in [1.165, 1.54) is 11.3 Å². The Hall–Kier alpha value is -2.08. The molecule has 0 aliphatic heterocycles. The van der Waals surface area contributed by atoms with Gasteiger partial charge in [0, 0.05) is 6.42 Å². The highest BCUT2D eigenvalue weighted by Crippen LogP contribution is 2.29. The van der Waals surface area contributed by atoms with E-state index < -0.39 is 0 Å². The van der Waals surface area contributed by atoms with Crippen LogP contribution in [-0.4, -0.2) is 31.8 Å². The maximum absolute atomic E-state index is 11.8. The number of ether oxygens (including phenoxy) is 3. The summed E-state index contributed by atoms with van der Waals surface area (Å²) in [4.78, 5) is 16.8. The number of hydrogen-bond donors (Lipinski definition) is 0. The zero-order valence-corrected chi connectivity index (χ0v) is 14.0. The molecule has 1 aromatic carbocycles. The summed E-state index contributed by atoms with van der Waals surface area (Å²) in [6.07, 6.45) is 0.630. The van der Waals surface area contributed by atoms with Crippen molar-refractivity contribution < 1.29 is 19.0 Å². The second-order valence-electron chi connectivity index (χ2n) is 4.61. The fraction of sp³-hybridized carbons (Fsp3) is 0.375. The van der Waals surface area contributed by atoms with Crippen LogP contribution in [0, 0.1) is 6.92 Å². The Bertz CT molecular complexity index is 666. The van der Waals surface area contributed by atoms with Gasteiger partial charge < -0.3 is 14.2 Å². The summed E-state index contributed by atoms with van der Waals surface area (Å²) < 4.78 is 15.6. The summed E-state index contributed by atoms with van der Waals surface area (Å²) in [6.45, 7) is 3.97. The fourth-order valence-electron chi connectivity index (χ4n) is 2.08. The Morgan fingerprint density at radius 2 is 1.95 bits per heavy atom. The quantitative estimate of drug-likeness (QED) is 0.765. The Labute approximate surface area is 133 Å². The lowest BCUT2D eigenvalue weighted by Gasteiger charge is -2.08. The first-order valence-electron chi connectivity index (χ1n) is 6.93. The molecule has 118 valence electrons. The molecule has 0 saturated heterocycles. The van der Waals surface area contributed by atoms with Crippen molar-refractivity contribution in [2.75, 3.05) is 20.8 Å². The number of esters is 1. The van der Waals surface area contributed by atoms with E-state index in [0.29, 0.717) is 35.1 Å². The minimum atomic E-state index is -0.309. The molecule has 0 aliphatic rings. The summed E-state index contributed by atoms with van der Waals surface area (Å²) in [5.74, 6) is 1.06. The molecule has 6 heteroatoms. The molecule has 0 atom stereocenters. The van der Waals surface area contributed by atoms with Gasteiger partial charge in [-0.15, -0.1) is 11.3 Å². The first-order chi connectivity index (χ1) is 10.6. The zero-order valence-electron chi connectivity index (χ0n) is 13.1. The SMILES string of the molecule is CCOC(=O)c1sc(Cc2ccc(OC)c(OC)c2)nc1C. The third kappa shape index (κ3) is 3.57. The van der Waals surface area contributed by atoms with Crippen molar-refractivity contribution in [3.05, 3.63) is 39.3 Å². The number of benzene rings is 1. The van der Waals surface area contributed by atoms with E-state index in [4.69, 9.17) is 14.2 Å². The van der Waals surface area contributed by atoms with Crippen LogP contribution in [0.1, 0.15) is 32.9 Å². The van der Waals surface area contributed by atoms with Gasteiger partial charge in [0.05, 0.1) is 31.5 Å². The van der Waals surface area contributed by atoms with Gasteiger partial charge in [-0.1, -0.05) is 6.07 Å². The van der Waals surface area contributed by atoms with Crippen LogP contribution in [0.3, 0.4) is 0 Å². The highest BCUT2D eigenvalue weighted by molar-refractivity contribution is 7.13. The number of hydrogen-bond acceptors (Lipinski definition) is 6. The topological polar surface area (TPSA) is 57.7 Å². The van der Waals surface area contributed by atoms with Gasteiger partial charge in [-0.05, 0) is 31.5 Å². The third-order valence-electron chi connectivity index (χ3n) is 3.11. The molecule has 0 unspecified atom stereocenters. The van der Waals surface area contributed by atoms with Crippen LogP contribution in [0.25, 0.3) is 0 Å².